The first kappa shape index (κ1) is 14.5. The number of rotatable bonds is 5. The Morgan fingerprint density at radius 3 is 2.82 bits per heavy atom. The molecule has 1 aliphatic rings. The van der Waals surface area contributed by atoms with Crippen LogP contribution in [0, 0.1) is 0 Å². The van der Waals surface area contributed by atoms with E-state index in [0.717, 1.165) is 25.0 Å². The van der Waals surface area contributed by atoms with Crippen LogP contribution in [0.3, 0.4) is 0 Å². The Bertz CT molecular complexity index is 632. The maximum atomic E-state index is 11.5. The standard InChI is InChI=1S/C15H18N4O3/c1-16-13(20)11-6-4-10(5-7-11)9-17-15-19-18-14(22-15)12-3-2-8-21-12/h4-7,12H,2-3,8-9H2,1H3,(H,16,20)(H,17,19). The van der Waals surface area contributed by atoms with E-state index >= 15 is 0 Å². The number of nitrogens with zero attached hydrogens (tertiary/aromatic N) is 2. The van der Waals surface area contributed by atoms with Crippen molar-refractivity contribution in [2.45, 2.75) is 25.5 Å². The normalized spacial score (nSPS) is 17.4. The molecule has 1 unspecified atom stereocenters. The smallest absolute Gasteiger partial charge is 0.315 e. The lowest BCUT2D eigenvalue weighted by Gasteiger charge is -2.04. The van der Waals surface area contributed by atoms with Crippen LogP contribution in [0.1, 0.15) is 40.8 Å². The summed E-state index contributed by atoms with van der Waals surface area (Å²) in [6.07, 6.45) is 1.87. The van der Waals surface area contributed by atoms with Gasteiger partial charge in [-0.05, 0) is 30.5 Å². The van der Waals surface area contributed by atoms with Crippen molar-refractivity contribution in [3.8, 4) is 0 Å². The summed E-state index contributed by atoms with van der Waals surface area (Å²) >= 11 is 0. The van der Waals surface area contributed by atoms with Crippen LogP contribution in [0.2, 0.25) is 0 Å². The van der Waals surface area contributed by atoms with Crippen LogP contribution in [-0.4, -0.2) is 29.8 Å². The van der Waals surface area contributed by atoms with Gasteiger partial charge in [-0.15, -0.1) is 5.10 Å². The molecule has 1 aliphatic heterocycles. The molecule has 1 atom stereocenters. The first-order valence-corrected chi connectivity index (χ1v) is 7.26. The number of hydrogen-bond acceptors (Lipinski definition) is 6. The molecular formula is C15H18N4O3. The molecule has 0 saturated carbocycles. The van der Waals surface area contributed by atoms with Crippen molar-refractivity contribution in [2.75, 3.05) is 19.0 Å². The monoisotopic (exact) mass is 302 g/mol. The fourth-order valence-corrected chi connectivity index (χ4v) is 2.30. The lowest BCUT2D eigenvalue weighted by molar-refractivity contribution is 0.0897. The molecule has 1 fully saturated rings. The summed E-state index contributed by atoms with van der Waals surface area (Å²) in [7, 11) is 1.61. The Morgan fingerprint density at radius 1 is 1.32 bits per heavy atom. The maximum absolute atomic E-state index is 11.5. The first-order chi connectivity index (χ1) is 10.8. The van der Waals surface area contributed by atoms with Crippen LogP contribution < -0.4 is 10.6 Å². The van der Waals surface area contributed by atoms with E-state index < -0.39 is 0 Å². The molecule has 0 aliphatic carbocycles. The number of benzene rings is 1. The lowest BCUT2D eigenvalue weighted by atomic mass is 10.1. The third-order valence-electron chi connectivity index (χ3n) is 3.53. The molecule has 0 radical (unpaired) electrons. The molecule has 1 aromatic carbocycles. The van der Waals surface area contributed by atoms with Gasteiger partial charge in [0.05, 0.1) is 0 Å². The van der Waals surface area contributed by atoms with Crippen LogP contribution in [0.25, 0.3) is 0 Å². The van der Waals surface area contributed by atoms with E-state index in [-0.39, 0.29) is 12.0 Å². The van der Waals surface area contributed by atoms with Crippen molar-refractivity contribution in [3.63, 3.8) is 0 Å². The largest absolute Gasteiger partial charge is 0.405 e. The zero-order chi connectivity index (χ0) is 15.4. The summed E-state index contributed by atoms with van der Waals surface area (Å²) < 4.78 is 11.0. The molecule has 0 bridgehead atoms. The van der Waals surface area contributed by atoms with E-state index in [1.54, 1.807) is 19.2 Å². The van der Waals surface area contributed by atoms with Crippen molar-refractivity contribution < 1.29 is 13.9 Å². The number of aromatic nitrogens is 2. The molecule has 22 heavy (non-hydrogen) atoms. The number of carbonyl (C=O) groups excluding carboxylic acids is 1. The highest BCUT2D eigenvalue weighted by atomic mass is 16.5. The molecule has 116 valence electrons. The molecule has 0 spiro atoms. The second kappa shape index (κ2) is 6.57. The van der Waals surface area contributed by atoms with Gasteiger partial charge in [0.2, 0.25) is 5.89 Å². The molecule has 1 aromatic heterocycles. The van der Waals surface area contributed by atoms with Gasteiger partial charge in [0, 0.05) is 25.8 Å². The quantitative estimate of drug-likeness (QED) is 0.876. The Morgan fingerprint density at radius 2 is 2.14 bits per heavy atom. The summed E-state index contributed by atoms with van der Waals surface area (Å²) in [4.78, 5) is 11.5. The van der Waals surface area contributed by atoms with Gasteiger partial charge >= 0.3 is 6.01 Å². The summed E-state index contributed by atoms with van der Waals surface area (Å²) in [5, 5.41) is 13.6. The maximum Gasteiger partial charge on any atom is 0.315 e. The van der Waals surface area contributed by atoms with Crippen molar-refractivity contribution >= 4 is 11.9 Å². The molecule has 2 heterocycles. The number of ether oxygens (including phenoxy) is 1. The number of hydrogen-bond donors (Lipinski definition) is 2. The Kier molecular flexibility index (Phi) is 4.34. The second-order valence-corrected chi connectivity index (χ2v) is 5.08. The van der Waals surface area contributed by atoms with E-state index in [1.807, 2.05) is 12.1 Å². The summed E-state index contributed by atoms with van der Waals surface area (Å²) in [6.45, 7) is 1.29. The van der Waals surface area contributed by atoms with Crippen molar-refractivity contribution in [2.24, 2.45) is 0 Å². The van der Waals surface area contributed by atoms with Gasteiger partial charge in [-0.1, -0.05) is 17.2 Å². The van der Waals surface area contributed by atoms with E-state index in [2.05, 4.69) is 20.8 Å². The Hall–Kier alpha value is -2.41. The highest BCUT2D eigenvalue weighted by molar-refractivity contribution is 5.93. The minimum Gasteiger partial charge on any atom is -0.405 e. The number of nitrogens with one attached hydrogen (secondary N) is 2. The molecule has 7 nitrogen and oxygen atoms in total. The molecule has 3 rings (SSSR count). The van der Waals surface area contributed by atoms with Crippen LogP contribution in [0.15, 0.2) is 28.7 Å². The fourth-order valence-electron chi connectivity index (χ4n) is 2.30. The van der Waals surface area contributed by atoms with E-state index in [0.29, 0.717) is 24.0 Å². The van der Waals surface area contributed by atoms with Gasteiger partial charge in [0.15, 0.2) is 0 Å². The van der Waals surface area contributed by atoms with E-state index in [4.69, 9.17) is 9.15 Å². The van der Waals surface area contributed by atoms with Crippen LogP contribution >= 0.6 is 0 Å². The van der Waals surface area contributed by atoms with Crippen LogP contribution in [-0.2, 0) is 11.3 Å². The Balaban J connectivity index is 1.57. The third-order valence-corrected chi connectivity index (χ3v) is 3.53. The molecule has 2 N–H and O–H groups in total. The van der Waals surface area contributed by atoms with E-state index in [9.17, 15) is 4.79 Å². The summed E-state index contributed by atoms with van der Waals surface area (Å²) in [5.41, 5.74) is 1.65. The molecule has 1 amide bonds. The first-order valence-electron chi connectivity index (χ1n) is 7.26. The van der Waals surface area contributed by atoms with Gasteiger partial charge in [0.25, 0.3) is 5.91 Å². The van der Waals surface area contributed by atoms with Gasteiger partial charge in [0.1, 0.15) is 6.10 Å². The second-order valence-electron chi connectivity index (χ2n) is 5.08. The highest BCUT2D eigenvalue weighted by Crippen LogP contribution is 2.28. The van der Waals surface area contributed by atoms with Gasteiger partial charge in [-0.2, -0.15) is 0 Å². The van der Waals surface area contributed by atoms with Crippen molar-refractivity contribution in [1.82, 2.24) is 15.5 Å². The third kappa shape index (κ3) is 3.25. The number of amides is 1. The fraction of sp³-hybridized carbons (Fsp3) is 0.400. The number of anilines is 1. The summed E-state index contributed by atoms with van der Waals surface area (Å²) in [6, 6.07) is 7.70. The topological polar surface area (TPSA) is 89.3 Å². The van der Waals surface area contributed by atoms with Gasteiger partial charge < -0.3 is 19.8 Å². The molecular weight excluding hydrogens is 284 g/mol. The zero-order valence-electron chi connectivity index (χ0n) is 12.3. The van der Waals surface area contributed by atoms with Crippen LogP contribution in [0.4, 0.5) is 6.01 Å². The molecule has 2 aromatic rings. The summed E-state index contributed by atoms with van der Waals surface area (Å²) in [5.74, 6) is 0.424. The van der Waals surface area contributed by atoms with Gasteiger partial charge in [-0.3, -0.25) is 4.79 Å². The molecule has 7 heteroatoms. The predicted octanol–water partition coefficient (Wildman–Crippen LogP) is 1.89. The highest BCUT2D eigenvalue weighted by Gasteiger charge is 2.23. The average Bonchev–Trinajstić information content (AvgIpc) is 3.23. The minimum atomic E-state index is -0.0994. The van der Waals surface area contributed by atoms with Gasteiger partial charge in [-0.25, -0.2) is 0 Å². The lowest BCUT2D eigenvalue weighted by Crippen LogP contribution is -2.17. The minimum absolute atomic E-state index is 0.0742. The molecule has 1 saturated heterocycles. The SMILES string of the molecule is CNC(=O)c1ccc(CNc2nnc(C3CCCO3)o2)cc1. The average molecular weight is 302 g/mol. The van der Waals surface area contributed by atoms with Crippen molar-refractivity contribution in [1.29, 1.82) is 0 Å². The Labute approximate surface area is 128 Å². The van der Waals surface area contributed by atoms with E-state index in [1.165, 1.54) is 0 Å². The van der Waals surface area contributed by atoms with Crippen LogP contribution in [0.5, 0.6) is 0 Å². The number of carbonyl (C=O) groups is 1. The van der Waals surface area contributed by atoms with Crippen molar-refractivity contribution in [3.05, 3.63) is 41.3 Å². The predicted molar refractivity (Wildman–Crippen MR) is 79.4 cm³/mol. The zero-order valence-corrected chi connectivity index (χ0v) is 12.3.